The monoisotopic (exact) mass is 487 g/mol. The van der Waals surface area contributed by atoms with Crippen LogP contribution < -0.4 is 20.1 Å². The molecule has 0 saturated heterocycles. The van der Waals surface area contributed by atoms with E-state index >= 15 is 0 Å². The maximum atomic E-state index is 11.7. The Kier molecular flexibility index (Phi) is 8.86. The number of rotatable bonds is 13. The lowest BCUT2D eigenvalue weighted by atomic mass is 10.1. The molecule has 184 valence electrons. The van der Waals surface area contributed by atoms with E-state index in [0.29, 0.717) is 47.3 Å². The molecule has 0 aliphatic rings. The minimum absolute atomic E-state index is 0.0377. The van der Waals surface area contributed by atoms with Gasteiger partial charge >= 0.3 is 0 Å². The van der Waals surface area contributed by atoms with Crippen LogP contribution in [0.2, 0.25) is 0 Å². The summed E-state index contributed by atoms with van der Waals surface area (Å²) < 4.78 is 34.2. The number of nitrogens with one attached hydrogen (secondary N) is 2. The molecule has 34 heavy (non-hydrogen) atoms. The maximum absolute atomic E-state index is 11.7. The van der Waals surface area contributed by atoms with Crippen molar-refractivity contribution >= 4 is 32.6 Å². The number of fused-ring (bicyclic) bond motifs is 1. The second kappa shape index (κ2) is 11.8. The third-order valence-corrected chi connectivity index (χ3v) is 6.45. The highest BCUT2D eigenvalue weighted by Gasteiger charge is 2.16. The molecule has 0 bridgehead atoms. The van der Waals surface area contributed by atoms with E-state index in [1.54, 1.807) is 20.4 Å². The third kappa shape index (κ3) is 7.18. The van der Waals surface area contributed by atoms with Crippen LogP contribution in [-0.4, -0.2) is 55.6 Å². The molecule has 2 N–H and O–H groups in total. The van der Waals surface area contributed by atoms with Crippen molar-refractivity contribution in [2.24, 2.45) is 0 Å². The fourth-order valence-electron chi connectivity index (χ4n) is 3.61. The van der Waals surface area contributed by atoms with Gasteiger partial charge in [0.2, 0.25) is 5.95 Å². The van der Waals surface area contributed by atoms with Crippen molar-refractivity contribution in [1.82, 2.24) is 15.0 Å². The number of pyridine rings is 1. The van der Waals surface area contributed by atoms with Crippen LogP contribution in [0.5, 0.6) is 11.5 Å². The Morgan fingerprint density at radius 2 is 1.91 bits per heavy atom. The second-order valence-electron chi connectivity index (χ2n) is 8.20. The number of sulfone groups is 1. The third-order valence-electron chi connectivity index (χ3n) is 5.47. The first-order valence-corrected chi connectivity index (χ1v) is 13.4. The Labute approximate surface area is 201 Å². The summed E-state index contributed by atoms with van der Waals surface area (Å²) in [4.78, 5) is 13.8. The molecule has 10 heteroatoms. The van der Waals surface area contributed by atoms with Gasteiger partial charge in [0.1, 0.15) is 26.9 Å². The highest BCUT2D eigenvalue weighted by Crippen LogP contribution is 2.26. The summed E-state index contributed by atoms with van der Waals surface area (Å²) in [6.45, 7) is 2.57. The van der Waals surface area contributed by atoms with E-state index in [0.717, 1.165) is 24.8 Å². The lowest BCUT2D eigenvalue weighted by molar-refractivity contribution is 0.391. The lowest BCUT2D eigenvalue weighted by Crippen LogP contribution is -2.24. The number of anilines is 2. The zero-order valence-electron chi connectivity index (χ0n) is 20.2. The number of hydrogen-bond acceptors (Lipinski definition) is 9. The average Bonchev–Trinajstić information content (AvgIpc) is 2.83. The Hall–Kier alpha value is -3.14. The fraction of sp³-hybridized carbons (Fsp3) is 0.458. The molecule has 2 aromatic heterocycles. The van der Waals surface area contributed by atoms with Crippen molar-refractivity contribution in [3.05, 3.63) is 42.1 Å². The van der Waals surface area contributed by atoms with Gasteiger partial charge in [-0.05, 0) is 37.1 Å². The predicted octanol–water partition coefficient (Wildman–Crippen LogP) is 4.06. The van der Waals surface area contributed by atoms with Gasteiger partial charge in [0.25, 0.3) is 0 Å². The molecule has 1 atom stereocenters. The summed E-state index contributed by atoms with van der Waals surface area (Å²) in [5.41, 5.74) is 2.28. The van der Waals surface area contributed by atoms with Gasteiger partial charge in [0.15, 0.2) is 5.82 Å². The molecule has 0 radical (unpaired) electrons. The Balaban J connectivity index is 1.85. The summed E-state index contributed by atoms with van der Waals surface area (Å²) in [5, 5.41) is 6.72. The molecule has 0 amide bonds. The number of nitrogens with zero attached hydrogens (tertiary/aromatic N) is 3. The topological polar surface area (TPSA) is 115 Å². The standard InChI is InChI=1S/C24H33N5O4S/c1-5-6-8-18(12-14-34(4,30)31)27-23-22-20(9-7-13-25-22)28-24(29-23)26-16-17-10-11-19(32-2)15-21(17)33-3/h7,9-11,13,15,18H,5-6,8,12,14,16H2,1-4H3,(H2,26,27,28,29)/t18-/m1/s1. The number of aromatic nitrogens is 3. The Morgan fingerprint density at radius 1 is 1.09 bits per heavy atom. The van der Waals surface area contributed by atoms with Crippen LogP contribution in [0.1, 0.15) is 38.2 Å². The van der Waals surface area contributed by atoms with Gasteiger partial charge in [-0.3, -0.25) is 4.98 Å². The summed E-state index contributed by atoms with van der Waals surface area (Å²) in [5.74, 6) is 2.57. The van der Waals surface area contributed by atoms with Gasteiger partial charge in [-0.1, -0.05) is 19.8 Å². The lowest BCUT2D eigenvalue weighted by Gasteiger charge is -2.20. The first-order valence-electron chi connectivity index (χ1n) is 11.3. The number of methoxy groups -OCH3 is 2. The summed E-state index contributed by atoms with van der Waals surface area (Å²) >= 11 is 0. The normalized spacial score (nSPS) is 12.4. The molecule has 0 aliphatic carbocycles. The fourth-order valence-corrected chi connectivity index (χ4v) is 4.32. The second-order valence-corrected chi connectivity index (χ2v) is 10.5. The van der Waals surface area contributed by atoms with Crippen molar-refractivity contribution in [3.8, 4) is 11.5 Å². The van der Waals surface area contributed by atoms with Crippen LogP contribution in [0, 0.1) is 0 Å². The highest BCUT2D eigenvalue weighted by molar-refractivity contribution is 7.90. The summed E-state index contributed by atoms with van der Waals surface area (Å²) in [6.07, 6.45) is 6.32. The van der Waals surface area contributed by atoms with Gasteiger partial charge in [-0.2, -0.15) is 4.98 Å². The molecular formula is C24H33N5O4S. The van der Waals surface area contributed by atoms with Gasteiger partial charge in [0, 0.05) is 36.7 Å². The van der Waals surface area contributed by atoms with Crippen molar-refractivity contribution in [2.45, 2.75) is 45.2 Å². The predicted molar refractivity (Wildman–Crippen MR) is 135 cm³/mol. The van der Waals surface area contributed by atoms with Crippen LogP contribution in [0.4, 0.5) is 11.8 Å². The molecule has 1 aromatic carbocycles. The van der Waals surface area contributed by atoms with E-state index in [9.17, 15) is 8.42 Å². The van der Waals surface area contributed by atoms with Gasteiger partial charge in [-0.15, -0.1) is 0 Å². The van der Waals surface area contributed by atoms with Crippen LogP contribution in [0.25, 0.3) is 11.0 Å². The zero-order valence-corrected chi connectivity index (χ0v) is 21.0. The highest BCUT2D eigenvalue weighted by atomic mass is 32.2. The molecule has 3 rings (SSSR count). The van der Waals surface area contributed by atoms with E-state index in [1.807, 2.05) is 30.3 Å². The number of benzene rings is 1. The summed E-state index contributed by atoms with van der Waals surface area (Å²) in [6, 6.07) is 9.30. The van der Waals surface area contributed by atoms with Gasteiger partial charge in [0.05, 0.1) is 25.5 Å². The smallest absolute Gasteiger partial charge is 0.225 e. The maximum Gasteiger partial charge on any atom is 0.225 e. The molecule has 9 nitrogen and oxygen atoms in total. The molecule has 3 aromatic rings. The zero-order chi connectivity index (χ0) is 24.6. The molecule has 2 heterocycles. The minimum atomic E-state index is -3.06. The molecule has 0 aliphatic heterocycles. The Bertz CT molecular complexity index is 1200. The molecule has 0 fully saturated rings. The molecular weight excluding hydrogens is 454 g/mol. The van der Waals surface area contributed by atoms with Crippen molar-refractivity contribution in [2.75, 3.05) is 36.9 Å². The first kappa shape index (κ1) is 25.5. The molecule has 0 saturated carbocycles. The van der Waals surface area contributed by atoms with E-state index < -0.39 is 9.84 Å². The average molecular weight is 488 g/mol. The quantitative estimate of drug-likeness (QED) is 0.368. The van der Waals surface area contributed by atoms with Crippen molar-refractivity contribution in [3.63, 3.8) is 0 Å². The number of ether oxygens (including phenoxy) is 2. The van der Waals surface area contributed by atoms with Gasteiger partial charge < -0.3 is 20.1 Å². The molecule has 0 unspecified atom stereocenters. The largest absolute Gasteiger partial charge is 0.497 e. The Morgan fingerprint density at radius 3 is 2.62 bits per heavy atom. The van der Waals surface area contributed by atoms with Gasteiger partial charge in [-0.25, -0.2) is 13.4 Å². The van der Waals surface area contributed by atoms with Crippen molar-refractivity contribution in [1.29, 1.82) is 0 Å². The SMILES string of the molecule is CCCC[C@H](CCS(C)(=O)=O)Nc1nc(NCc2ccc(OC)cc2OC)nc2cccnc12. The van der Waals surface area contributed by atoms with Crippen LogP contribution >= 0.6 is 0 Å². The van der Waals surface area contributed by atoms with Crippen LogP contribution in [-0.2, 0) is 16.4 Å². The number of hydrogen-bond donors (Lipinski definition) is 2. The van der Waals surface area contributed by atoms with Crippen LogP contribution in [0.15, 0.2) is 36.5 Å². The van der Waals surface area contributed by atoms with Crippen molar-refractivity contribution < 1.29 is 17.9 Å². The number of unbranched alkanes of at least 4 members (excludes halogenated alkanes) is 1. The van der Waals surface area contributed by atoms with E-state index in [1.165, 1.54) is 6.26 Å². The minimum Gasteiger partial charge on any atom is -0.497 e. The summed E-state index contributed by atoms with van der Waals surface area (Å²) in [7, 11) is 0.170. The van der Waals surface area contributed by atoms with E-state index in [-0.39, 0.29) is 11.8 Å². The van der Waals surface area contributed by atoms with Crippen LogP contribution in [0.3, 0.4) is 0 Å². The van der Waals surface area contributed by atoms with E-state index in [4.69, 9.17) is 9.47 Å². The van der Waals surface area contributed by atoms with E-state index in [2.05, 4.69) is 32.5 Å². The molecule has 0 spiro atoms. The first-order chi connectivity index (χ1) is 16.3.